The average molecular weight is 485 g/mol. The van der Waals surface area contributed by atoms with E-state index in [1.54, 1.807) is 64.8 Å². The maximum atomic E-state index is 12.0. The van der Waals surface area contributed by atoms with Crippen molar-refractivity contribution < 1.29 is 28.5 Å². The second kappa shape index (κ2) is 14.9. The summed E-state index contributed by atoms with van der Waals surface area (Å²) in [5.41, 5.74) is 6.37. The van der Waals surface area contributed by atoms with E-state index in [9.17, 15) is 9.59 Å². The number of rotatable bonds is 14. The molecule has 2 N–H and O–H groups in total. The first-order valence-corrected chi connectivity index (χ1v) is 11.1. The maximum Gasteiger partial charge on any atom is 0.240 e. The molecule has 0 atom stereocenters. The minimum atomic E-state index is -0.204. The summed E-state index contributed by atoms with van der Waals surface area (Å²) in [5.74, 6) is 2.15. The smallest absolute Gasteiger partial charge is 0.240 e. The van der Waals surface area contributed by atoms with Gasteiger partial charge < -0.3 is 18.9 Å². The molecule has 10 heteroatoms. The van der Waals surface area contributed by atoms with E-state index in [2.05, 4.69) is 21.1 Å². The molecular formula is C25H32N4O6. The summed E-state index contributed by atoms with van der Waals surface area (Å²) < 4.78 is 20.9. The predicted octanol–water partition coefficient (Wildman–Crippen LogP) is 3.27. The number of ether oxygens (including phenoxy) is 4. The molecule has 0 unspecified atom stereocenters. The van der Waals surface area contributed by atoms with Crippen LogP contribution in [0.3, 0.4) is 0 Å². The van der Waals surface area contributed by atoms with Gasteiger partial charge in [0.2, 0.25) is 11.8 Å². The standard InChI is InChI=1S/C25H32N4O6/c1-32-20-10-12-22(34-3)18(14-20)16-26-28-24(30)8-6-5-7-9-25(31)29-27-17-19-15-21(33-2)11-13-23(19)35-4/h10-17H,5-9H2,1-4H3,(H,28,30)(H,29,31). The fourth-order valence-corrected chi connectivity index (χ4v) is 3.09. The van der Waals surface area contributed by atoms with E-state index < -0.39 is 0 Å². The SMILES string of the molecule is COc1ccc(OC)c(C=NNC(=O)CCCCCC(=O)NN=Cc2cc(OC)ccc2OC)c1. The first-order chi connectivity index (χ1) is 17.0. The van der Waals surface area contributed by atoms with Crippen LogP contribution in [0.1, 0.15) is 43.2 Å². The number of carbonyl (C=O) groups is 2. The number of carbonyl (C=O) groups excluding carboxylic acids is 2. The molecule has 0 fully saturated rings. The molecule has 0 aromatic heterocycles. The van der Waals surface area contributed by atoms with Crippen LogP contribution in [0.15, 0.2) is 46.6 Å². The third-order valence-electron chi connectivity index (χ3n) is 4.97. The Morgan fingerprint density at radius 2 is 1.11 bits per heavy atom. The molecule has 2 amide bonds. The molecular weight excluding hydrogens is 452 g/mol. The van der Waals surface area contributed by atoms with Gasteiger partial charge in [0.25, 0.3) is 0 Å². The van der Waals surface area contributed by atoms with E-state index in [0.29, 0.717) is 59.8 Å². The van der Waals surface area contributed by atoms with Crippen LogP contribution in [0.4, 0.5) is 0 Å². The number of hydrogen-bond donors (Lipinski definition) is 2. The first kappa shape index (κ1) is 27.2. The molecule has 0 saturated carbocycles. The van der Waals surface area contributed by atoms with Gasteiger partial charge in [-0.15, -0.1) is 0 Å². The Bertz CT molecular complexity index is 957. The van der Waals surface area contributed by atoms with Crippen molar-refractivity contribution in [2.45, 2.75) is 32.1 Å². The van der Waals surface area contributed by atoms with Crippen molar-refractivity contribution in [1.82, 2.24) is 10.9 Å². The lowest BCUT2D eigenvalue weighted by Crippen LogP contribution is -2.18. The fourth-order valence-electron chi connectivity index (χ4n) is 3.09. The molecule has 0 aliphatic rings. The molecule has 0 bridgehead atoms. The number of unbranched alkanes of at least 4 members (excludes halogenated alkanes) is 2. The lowest BCUT2D eigenvalue weighted by atomic mass is 10.1. The monoisotopic (exact) mass is 484 g/mol. The zero-order valence-corrected chi connectivity index (χ0v) is 20.5. The Morgan fingerprint density at radius 3 is 1.49 bits per heavy atom. The lowest BCUT2D eigenvalue weighted by Gasteiger charge is -2.07. The highest BCUT2D eigenvalue weighted by Gasteiger charge is 2.06. The topological polar surface area (TPSA) is 120 Å². The highest BCUT2D eigenvalue weighted by atomic mass is 16.5. The van der Waals surface area contributed by atoms with Crippen molar-refractivity contribution >= 4 is 24.2 Å². The van der Waals surface area contributed by atoms with Crippen molar-refractivity contribution in [1.29, 1.82) is 0 Å². The lowest BCUT2D eigenvalue weighted by molar-refractivity contribution is -0.121. The van der Waals surface area contributed by atoms with E-state index in [1.165, 1.54) is 12.4 Å². The minimum absolute atomic E-state index is 0.204. The molecule has 35 heavy (non-hydrogen) atoms. The van der Waals surface area contributed by atoms with Gasteiger partial charge in [0.15, 0.2) is 0 Å². The molecule has 10 nitrogen and oxygen atoms in total. The number of amides is 2. The Balaban J connectivity index is 1.66. The van der Waals surface area contributed by atoms with E-state index in [0.717, 1.165) is 6.42 Å². The average Bonchev–Trinajstić information content (AvgIpc) is 2.88. The van der Waals surface area contributed by atoms with Crippen LogP contribution < -0.4 is 29.8 Å². The van der Waals surface area contributed by atoms with Gasteiger partial charge in [-0.25, -0.2) is 10.9 Å². The predicted molar refractivity (Wildman–Crippen MR) is 134 cm³/mol. The largest absolute Gasteiger partial charge is 0.497 e. The van der Waals surface area contributed by atoms with Crippen molar-refractivity contribution in [3.8, 4) is 23.0 Å². The summed E-state index contributed by atoms with van der Waals surface area (Å²) in [5, 5.41) is 7.96. The van der Waals surface area contributed by atoms with Crippen LogP contribution >= 0.6 is 0 Å². The number of nitrogens with zero attached hydrogens (tertiary/aromatic N) is 2. The molecule has 0 radical (unpaired) electrons. The Hall–Kier alpha value is -4.08. The number of hydrogen-bond acceptors (Lipinski definition) is 8. The van der Waals surface area contributed by atoms with Crippen LogP contribution in [0.25, 0.3) is 0 Å². The summed E-state index contributed by atoms with van der Waals surface area (Å²) in [4.78, 5) is 24.0. The second-order valence-corrected chi connectivity index (χ2v) is 7.36. The van der Waals surface area contributed by atoms with Gasteiger partial charge in [0.05, 0.1) is 40.9 Å². The van der Waals surface area contributed by atoms with E-state index in [1.807, 2.05) is 0 Å². The number of methoxy groups -OCH3 is 4. The Kier molecular flexibility index (Phi) is 11.6. The fraction of sp³-hybridized carbons (Fsp3) is 0.360. The molecule has 188 valence electrons. The van der Waals surface area contributed by atoms with Crippen molar-refractivity contribution in [3.05, 3.63) is 47.5 Å². The van der Waals surface area contributed by atoms with E-state index in [-0.39, 0.29) is 11.8 Å². The second-order valence-electron chi connectivity index (χ2n) is 7.36. The minimum Gasteiger partial charge on any atom is -0.497 e. The zero-order valence-electron chi connectivity index (χ0n) is 20.5. The van der Waals surface area contributed by atoms with Crippen LogP contribution in [0.2, 0.25) is 0 Å². The highest BCUT2D eigenvalue weighted by Crippen LogP contribution is 2.23. The molecule has 0 aliphatic heterocycles. The third kappa shape index (κ3) is 9.36. The van der Waals surface area contributed by atoms with Gasteiger partial charge >= 0.3 is 0 Å². The Labute approximate surface area is 205 Å². The molecule has 2 aromatic carbocycles. The van der Waals surface area contributed by atoms with E-state index in [4.69, 9.17) is 18.9 Å². The van der Waals surface area contributed by atoms with E-state index >= 15 is 0 Å². The van der Waals surface area contributed by atoms with Gasteiger partial charge in [-0.3, -0.25) is 9.59 Å². The zero-order chi connectivity index (χ0) is 25.5. The Morgan fingerprint density at radius 1 is 0.686 bits per heavy atom. The normalized spacial score (nSPS) is 10.9. The summed E-state index contributed by atoms with van der Waals surface area (Å²) in [6.45, 7) is 0. The molecule has 0 spiro atoms. The van der Waals surface area contributed by atoms with Crippen molar-refractivity contribution in [3.63, 3.8) is 0 Å². The quantitative estimate of drug-likeness (QED) is 0.241. The third-order valence-corrected chi connectivity index (χ3v) is 4.97. The van der Waals surface area contributed by atoms with Crippen LogP contribution in [-0.4, -0.2) is 52.7 Å². The number of nitrogens with one attached hydrogen (secondary N) is 2. The van der Waals surface area contributed by atoms with Gasteiger partial charge in [-0.1, -0.05) is 6.42 Å². The van der Waals surface area contributed by atoms with Gasteiger partial charge in [-0.05, 0) is 49.2 Å². The van der Waals surface area contributed by atoms with Gasteiger partial charge in [0, 0.05) is 24.0 Å². The molecule has 0 heterocycles. The molecule has 2 aromatic rings. The molecule has 2 rings (SSSR count). The van der Waals surface area contributed by atoms with Gasteiger partial charge in [0.1, 0.15) is 23.0 Å². The summed E-state index contributed by atoms with van der Waals surface area (Å²) in [7, 11) is 6.26. The summed E-state index contributed by atoms with van der Waals surface area (Å²) in [6.07, 6.45) is 5.63. The molecule has 0 saturated heterocycles. The summed E-state index contributed by atoms with van der Waals surface area (Å²) in [6, 6.07) is 10.6. The van der Waals surface area contributed by atoms with Crippen LogP contribution in [0.5, 0.6) is 23.0 Å². The van der Waals surface area contributed by atoms with Crippen molar-refractivity contribution in [2.75, 3.05) is 28.4 Å². The van der Waals surface area contributed by atoms with Crippen molar-refractivity contribution in [2.24, 2.45) is 10.2 Å². The summed E-state index contributed by atoms with van der Waals surface area (Å²) >= 11 is 0. The highest BCUT2D eigenvalue weighted by molar-refractivity contribution is 5.86. The molecule has 0 aliphatic carbocycles. The maximum absolute atomic E-state index is 12.0. The number of hydrazone groups is 2. The van der Waals surface area contributed by atoms with Crippen LogP contribution in [0, 0.1) is 0 Å². The van der Waals surface area contributed by atoms with Crippen LogP contribution in [-0.2, 0) is 9.59 Å². The first-order valence-electron chi connectivity index (χ1n) is 11.1. The number of benzene rings is 2. The van der Waals surface area contributed by atoms with Gasteiger partial charge in [-0.2, -0.15) is 10.2 Å².